The number of halogens is 1. The summed E-state index contributed by atoms with van der Waals surface area (Å²) in [5.41, 5.74) is 8.36. The number of anilines is 1. The van der Waals surface area contributed by atoms with Gasteiger partial charge in [-0.15, -0.1) is 0 Å². The van der Waals surface area contributed by atoms with Gasteiger partial charge in [0.05, 0.1) is 6.04 Å². The summed E-state index contributed by atoms with van der Waals surface area (Å²) < 4.78 is 0. The molecule has 17 heavy (non-hydrogen) atoms. The van der Waals surface area contributed by atoms with Gasteiger partial charge in [-0.2, -0.15) is 0 Å². The van der Waals surface area contributed by atoms with Gasteiger partial charge in [-0.3, -0.25) is 0 Å². The largest absolute Gasteiger partial charge is 0.364 e. The molecular weight excluding hydrogens is 234 g/mol. The lowest BCUT2D eigenvalue weighted by atomic mass is 10.1. The van der Waals surface area contributed by atoms with Crippen molar-refractivity contribution in [3.05, 3.63) is 28.8 Å². The molecule has 4 heteroatoms. The Hall–Kier alpha value is -0.770. The van der Waals surface area contributed by atoms with Crippen LogP contribution in [0.3, 0.4) is 0 Å². The van der Waals surface area contributed by atoms with Crippen molar-refractivity contribution in [2.24, 2.45) is 5.73 Å². The second kappa shape index (κ2) is 5.25. The molecule has 1 aliphatic rings. The SMILES string of the molecule is Cc1cc(Cl)ccc1N1CCN(C)CC1CN. The lowest BCUT2D eigenvalue weighted by Crippen LogP contribution is -2.55. The van der Waals surface area contributed by atoms with Crippen LogP contribution in [-0.4, -0.2) is 44.2 Å². The normalized spacial score (nSPS) is 21.9. The molecule has 2 rings (SSSR count). The van der Waals surface area contributed by atoms with E-state index in [-0.39, 0.29) is 0 Å². The molecule has 0 amide bonds. The van der Waals surface area contributed by atoms with Gasteiger partial charge in [-0.25, -0.2) is 0 Å². The van der Waals surface area contributed by atoms with Crippen LogP contribution in [0.15, 0.2) is 18.2 Å². The fraction of sp³-hybridized carbons (Fsp3) is 0.538. The maximum Gasteiger partial charge on any atom is 0.0539 e. The number of aryl methyl sites for hydroxylation is 1. The zero-order valence-electron chi connectivity index (χ0n) is 10.5. The number of hydrogen-bond acceptors (Lipinski definition) is 3. The lowest BCUT2D eigenvalue weighted by Gasteiger charge is -2.41. The Bertz CT molecular complexity index is 394. The first-order chi connectivity index (χ1) is 8.11. The summed E-state index contributed by atoms with van der Waals surface area (Å²) in [6.07, 6.45) is 0. The van der Waals surface area contributed by atoms with E-state index in [2.05, 4.69) is 29.8 Å². The first-order valence-electron chi connectivity index (χ1n) is 6.03. The zero-order chi connectivity index (χ0) is 12.4. The van der Waals surface area contributed by atoms with Crippen molar-refractivity contribution in [3.8, 4) is 0 Å². The Morgan fingerprint density at radius 2 is 2.18 bits per heavy atom. The summed E-state index contributed by atoms with van der Waals surface area (Å²) in [6, 6.07) is 6.47. The van der Waals surface area contributed by atoms with Gasteiger partial charge >= 0.3 is 0 Å². The van der Waals surface area contributed by atoms with E-state index < -0.39 is 0 Å². The van der Waals surface area contributed by atoms with Crippen LogP contribution in [0.2, 0.25) is 5.02 Å². The highest BCUT2D eigenvalue weighted by molar-refractivity contribution is 6.30. The van der Waals surface area contributed by atoms with Gasteiger partial charge < -0.3 is 15.5 Å². The van der Waals surface area contributed by atoms with Crippen molar-refractivity contribution in [3.63, 3.8) is 0 Å². The molecule has 1 aliphatic heterocycles. The molecule has 3 nitrogen and oxygen atoms in total. The van der Waals surface area contributed by atoms with Crippen LogP contribution in [0.5, 0.6) is 0 Å². The molecule has 0 aliphatic carbocycles. The Balaban J connectivity index is 2.25. The zero-order valence-corrected chi connectivity index (χ0v) is 11.2. The van der Waals surface area contributed by atoms with Gasteiger partial charge in [-0.05, 0) is 37.7 Å². The van der Waals surface area contributed by atoms with E-state index in [9.17, 15) is 0 Å². The minimum atomic E-state index is 0.397. The average molecular weight is 254 g/mol. The number of nitrogens with two attached hydrogens (primary N) is 1. The number of piperazine rings is 1. The standard InChI is InChI=1S/C13H20ClN3/c1-10-7-11(14)3-4-13(10)17-6-5-16(2)9-12(17)8-15/h3-4,7,12H,5-6,8-9,15H2,1-2H3. The second-order valence-corrected chi connectivity index (χ2v) is 5.21. The van der Waals surface area contributed by atoms with E-state index in [1.807, 2.05) is 12.1 Å². The quantitative estimate of drug-likeness (QED) is 0.871. The van der Waals surface area contributed by atoms with Crippen LogP contribution in [0.1, 0.15) is 5.56 Å². The van der Waals surface area contributed by atoms with Gasteiger partial charge in [0.15, 0.2) is 0 Å². The number of hydrogen-bond donors (Lipinski definition) is 1. The minimum Gasteiger partial charge on any atom is -0.364 e. The fourth-order valence-corrected chi connectivity index (χ4v) is 2.70. The van der Waals surface area contributed by atoms with Crippen LogP contribution >= 0.6 is 11.6 Å². The Morgan fingerprint density at radius 3 is 2.82 bits per heavy atom. The summed E-state index contributed by atoms with van der Waals surface area (Å²) in [7, 11) is 2.15. The maximum atomic E-state index is 6.00. The highest BCUT2D eigenvalue weighted by Gasteiger charge is 2.25. The summed E-state index contributed by atoms with van der Waals surface area (Å²) in [5.74, 6) is 0. The molecule has 0 bridgehead atoms. The number of nitrogens with zero attached hydrogens (tertiary/aromatic N) is 2. The summed E-state index contributed by atoms with van der Waals surface area (Å²) in [6.45, 7) is 5.93. The third-order valence-corrected chi connectivity index (χ3v) is 3.66. The van der Waals surface area contributed by atoms with E-state index in [1.165, 1.54) is 11.3 Å². The molecule has 0 radical (unpaired) electrons. The van der Waals surface area contributed by atoms with Crippen LogP contribution in [0, 0.1) is 6.92 Å². The molecule has 1 aromatic rings. The van der Waals surface area contributed by atoms with Crippen molar-refractivity contribution in [2.75, 3.05) is 38.1 Å². The summed E-state index contributed by atoms with van der Waals surface area (Å²) in [5, 5.41) is 0.796. The smallest absolute Gasteiger partial charge is 0.0539 e. The molecule has 2 N–H and O–H groups in total. The van der Waals surface area contributed by atoms with Gasteiger partial charge in [0.2, 0.25) is 0 Å². The van der Waals surface area contributed by atoms with Crippen molar-refractivity contribution >= 4 is 17.3 Å². The third kappa shape index (κ3) is 2.73. The molecule has 0 saturated carbocycles. The molecule has 94 valence electrons. The Kier molecular flexibility index (Phi) is 3.92. The molecule has 1 fully saturated rings. The first kappa shape index (κ1) is 12.7. The predicted octanol–water partition coefficient (Wildman–Crippen LogP) is 1.73. The number of benzene rings is 1. The number of rotatable bonds is 2. The highest BCUT2D eigenvalue weighted by atomic mass is 35.5. The average Bonchev–Trinajstić information content (AvgIpc) is 2.30. The van der Waals surface area contributed by atoms with Crippen LogP contribution in [0.4, 0.5) is 5.69 Å². The van der Waals surface area contributed by atoms with Crippen molar-refractivity contribution < 1.29 is 0 Å². The molecule has 1 aromatic carbocycles. The Labute approximate surface area is 108 Å². The van der Waals surface area contributed by atoms with Gasteiger partial charge in [-0.1, -0.05) is 11.6 Å². The predicted molar refractivity (Wildman–Crippen MR) is 73.9 cm³/mol. The molecule has 1 unspecified atom stereocenters. The van der Waals surface area contributed by atoms with Crippen molar-refractivity contribution in [1.29, 1.82) is 0 Å². The summed E-state index contributed by atoms with van der Waals surface area (Å²) >= 11 is 6.00. The lowest BCUT2D eigenvalue weighted by molar-refractivity contribution is 0.269. The third-order valence-electron chi connectivity index (χ3n) is 3.43. The van der Waals surface area contributed by atoms with E-state index in [1.54, 1.807) is 0 Å². The fourth-order valence-electron chi connectivity index (χ4n) is 2.47. The van der Waals surface area contributed by atoms with E-state index in [4.69, 9.17) is 17.3 Å². The second-order valence-electron chi connectivity index (χ2n) is 4.78. The molecule has 1 atom stereocenters. The van der Waals surface area contributed by atoms with Crippen molar-refractivity contribution in [1.82, 2.24) is 4.90 Å². The molecule has 1 saturated heterocycles. The van der Waals surface area contributed by atoms with E-state index >= 15 is 0 Å². The van der Waals surface area contributed by atoms with Gasteiger partial charge in [0.25, 0.3) is 0 Å². The first-order valence-corrected chi connectivity index (χ1v) is 6.41. The van der Waals surface area contributed by atoms with Gasteiger partial charge in [0.1, 0.15) is 0 Å². The maximum absolute atomic E-state index is 6.00. The van der Waals surface area contributed by atoms with Gasteiger partial charge in [0, 0.05) is 36.9 Å². The van der Waals surface area contributed by atoms with E-state index in [0.717, 1.165) is 24.7 Å². The Morgan fingerprint density at radius 1 is 1.41 bits per heavy atom. The van der Waals surface area contributed by atoms with Crippen LogP contribution in [-0.2, 0) is 0 Å². The van der Waals surface area contributed by atoms with Crippen molar-refractivity contribution in [2.45, 2.75) is 13.0 Å². The minimum absolute atomic E-state index is 0.397. The van der Waals surface area contributed by atoms with Crippen LogP contribution < -0.4 is 10.6 Å². The summed E-state index contributed by atoms with van der Waals surface area (Å²) in [4.78, 5) is 4.74. The van der Waals surface area contributed by atoms with E-state index in [0.29, 0.717) is 12.6 Å². The molecule has 1 heterocycles. The number of likely N-dealkylation sites (N-methyl/N-ethyl adjacent to an activating group) is 1. The highest BCUT2D eigenvalue weighted by Crippen LogP contribution is 2.26. The topological polar surface area (TPSA) is 32.5 Å². The monoisotopic (exact) mass is 253 g/mol. The molecular formula is C13H20ClN3. The molecule has 0 aromatic heterocycles. The van der Waals surface area contributed by atoms with Crippen LogP contribution in [0.25, 0.3) is 0 Å². The molecule has 0 spiro atoms.